The third-order valence-corrected chi connectivity index (χ3v) is 2.68. The highest BCUT2D eigenvalue weighted by Crippen LogP contribution is 2.31. The van der Waals surface area contributed by atoms with Gasteiger partial charge in [0.2, 0.25) is 0 Å². The Labute approximate surface area is 114 Å². The van der Waals surface area contributed by atoms with Gasteiger partial charge in [0.25, 0.3) is 0 Å². The van der Waals surface area contributed by atoms with E-state index in [1.165, 1.54) is 0 Å². The summed E-state index contributed by atoms with van der Waals surface area (Å²) >= 11 is 5.01. The number of para-hydroxylation sites is 1. The largest absolute Gasteiger partial charge is 0.493 e. The Bertz CT molecular complexity index is 408. The van der Waals surface area contributed by atoms with E-state index in [1.807, 2.05) is 32.3 Å². The van der Waals surface area contributed by atoms with Crippen molar-refractivity contribution in [2.75, 3.05) is 34.4 Å². The summed E-state index contributed by atoms with van der Waals surface area (Å²) in [6.45, 7) is 1.58. The molecule has 0 spiro atoms. The van der Waals surface area contributed by atoms with Crippen LogP contribution in [-0.2, 0) is 0 Å². The second-order valence-corrected chi connectivity index (χ2v) is 4.65. The Morgan fingerprint density at radius 3 is 2.67 bits per heavy atom. The fourth-order valence-electron chi connectivity index (χ4n) is 1.57. The quantitative estimate of drug-likeness (QED) is 0.602. The molecule has 0 aliphatic carbocycles. The van der Waals surface area contributed by atoms with Gasteiger partial charge in [-0.2, -0.15) is 0 Å². The standard InChI is InChI=1S/C13H20N2O2S/c1-15(2)8-5-9-17-12-10(13(14)18)6-4-7-11(12)16-3/h4,6-7H,5,8-9H2,1-3H3,(H2,14,18). The molecule has 0 bridgehead atoms. The summed E-state index contributed by atoms with van der Waals surface area (Å²) in [4.78, 5) is 2.43. The Kier molecular flexibility index (Phi) is 5.88. The van der Waals surface area contributed by atoms with Crippen LogP contribution in [0.25, 0.3) is 0 Å². The maximum atomic E-state index is 5.75. The molecule has 2 N–H and O–H groups in total. The van der Waals surface area contributed by atoms with Crippen molar-refractivity contribution in [3.05, 3.63) is 23.8 Å². The molecule has 0 amide bonds. The Balaban J connectivity index is 2.75. The first-order valence-electron chi connectivity index (χ1n) is 5.80. The second-order valence-electron chi connectivity index (χ2n) is 4.21. The molecule has 0 saturated heterocycles. The minimum atomic E-state index is 0.316. The smallest absolute Gasteiger partial charge is 0.171 e. The summed E-state index contributed by atoms with van der Waals surface area (Å²) in [5, 5.41) is 0. The zero-order valence-corrected chi connectivity index (χ0v) is 11.9. The van der Waals surface area contributed by atoms with Crippen LogP contribution in [0.5, 0.6) is 11.5 Å². The number of nitrogens with two attached hydrogens (primary N) is 1. The molecule has 0 aromatic heterocycles. The molecule has 100 valence electrons. The maximum absolute atomic E-state index is 5.75. The number of thiocarbonyl (C=S) groups is 1. The van der Waals surface area contributed by atoms with Gasteiger partial charge in [-0.1, -0.05) is 18.3 Å². The third-order valence-electron chi connectivity index (χ3n) is 2.46. The van der Waals surface area contributed by atoms with Crippen LogP contribution in [0.2, 0.25) is 0 Å². The van der Waals surface area contributed by atoms with E-state index < -0.39 is 0 Å². The van der Waals surface area contributed by atoms with E-state index in [4.69, 9.17) is 27.4 Å². The predicted molar refractivity (Wildman–Crippen MR) is 77.5 cm³/mol. The molecule has 1 aromatic carbocycles. The molecule has 0 saturated carbocycles. The molecule has 1 rings (SSSR count). The molecule has 0 atom stereocenters. The summed E-state index contributed by atoms with van der Waals surface area (Å²) in [5.74, 6) is 1.29. The molecule has 4 nitrogen and oxygen atoms in total. The van der Waals surface area contributed by atoms with Gasteiger partial charge in [0.1, 0.15) is 4.99 Å². The first-order valence-corrected chi connectivity index (χ1v) is 6.21. The van der Waals surface area contributed by atoms with Gasteiger partial charge in [-0.15, -0.1) is 0 Å². The zero-order valence-electron chi connectivity index (χ0n) is 11.1. The normalized spacial score (nSPS) is 10.4. The monoisotopic (exact) mass is 268 g/mol. The molecule has 0 fully saturated rings. The molecular formula is C13H20N2O2S. The molecule has 0 heterocycles. The van der Waals surface area contributed by atoms with Crippen LogP contribution >= 0.6 is 12.2 Å². The molecule has 0 aliphatic rings. The lowest BCUT2D eigenvalue weighted by Gasteiger charge is -2.15. The van der Waals surface area contributed by atoms with Crippen LogP contribution in [0.4, 0.5) is 0 Å². The SMILES string of the molecule is COc1cccc(C(N)=S)c1OCCCN(C)C. The van der Waals surface area contributed by atoms with Gasteiger partial charge in [-0.3, -0.25) is 0 Å². The summed E-state index contributed by atoms with van der Waals surface area (Å²) in [6.07, 6.45) is 0.932. The molecule has 5 heteroatoms. The van der Waals surface area contributed by atoms with Gasteiger partial charge in [0.15, 0.2) is 11.5 Å². The van der Waals surface area contributed by atoms with E-state index in [-0.39, 0.29) is 0 Å². The van der Waals surface area contributed by atoms with Gasteiger partial charge < -0.3 is 20.1 Å². The Morgan fingerprint density at radius 1 is 1.39 bits per heavy atom. The Hall–Kier alpha value is -1.33. The van der Waals surface area contributed by atoms with Gasteiger partial charge in [0.05, 0.1) is 19.3 Å². The fourth-order valence-corrected chi connectivity index (χ4v) is 1.74. The van der Waals surface area contributed by atoms with E-state index in [9.17, 15) is 0 Å². The van der Waals surface area contributed by atoms with Crippen LogP contribution in [-0.4, -0.2) is 44.2 Å². The maximum Gasteiger partial charge on any atom is 0.171 e. The third kappa shape index (κ3) is 4.16. The van der Waals surface area contributed by atoms with Crippen molar-refractivity contribution in [1.29, 1.82) is 0 Å². The lowest BCUT2D eigenvalue weighted by atomic mass is 10.2. The van der Waals surface area contributed by atoms with Crippen LogP contribution in [0.3, 0.4) is 0 Å². The van der Waals surface area contributed by atoms with E-state index in [0.717, 1.165) is 13.0 Å². The molecular weight excluding hydrogens is 248 g/mol. The summed E-state index contributed by atoms with van der Waals surface area (Å²) < 4.78 is 11.0. The van der Waals surface area contributed by atoms with Crippen molar-refractivity contribution in [2.45, 2.75) is 6.42 Å². The number of hydrogen-bond acceptors (Lipinski definition) is 4. The topological polar surface area (TPSA) is 47.7 Å². The van der Waals surface area contributed by atoms with Gasteiger partial charge in [-0.25, -0.2) is 0 Å². The van der Waals surface area contributed by atoms with Crippen molar-refractivity contribution >= 4 is 17.2 Å². The van der Waals surface area contributed by atoms with E-state index >= 15 is 0 Å². The highest BCUT2D eigenvalue weighted by molar-refractivity contribution is 7.80. The van der Waals surface area contributed by atoms with E-state index in [2.05, 4.69) is 4.90 Å². The number of benzene rings is 1. The van der Waals surface area contributed by atoms with Crippen LogP contribution in [0.1, 0.15) is 12.0 Å². The van der Waals surface area contributed by atoms with Crippen molar-refractivity contribution in [2.24, 2.45) is 5.73 Å². The summed E-state index contributed by atoms with van der Waals surface area (Å²) in [5.41, 5.74) is 6.40. The fraction of sp³-hybridized carbons (Fsp3) is 0.462. The van der Waals surface area contributed by atoms with Crippen molar-refractivity contribution in [3.8, 4) is 11.5 Å². The lowest BCUT2D eigenvalue weighted by molar-refractivity contribution is 0.268. The van der Waals surface area contributed by atoms with Gasteiger partial charge in [-0.05, 0) is 32.6 Å². The van der Waals surface area contributed by atoms with Crippen LogP contribution in [0.15, 0.2) is 18.2 Å². The number of rotatable bonds is 7. The lowest BCUT2D eigenvalue weighted by Crippen LogP contribution is -2.17. The molecule has 0 aliphatic heterocycles. The van der Waals surface area contributed by atoms with Gasteiger partial charge >= 0.3 is 0 Å². The molecule has 1 aromatic rings. The predicted octanol–water partition coefficient (Wildman–Crippen LogP) is 1.66. The van der Waals surface area contributed by atoms with Crippen molar-refractivity contribution in [1.82, 2.24) is 4.90 Å². The average molecular weight is 268 g/mol. The van der Waals surface area contributed by atoms with Crippen molar-refractivity contribution < 1.29 is 9.47 Å². The summed E-state index contributed by atoms with van der Waals surface area (Å²) in [7, 11) is 5.67. The van der Waals surface area contributed by atoms with Crippen molar-refractivity contribution in [3.63, 3.8) is 0 Å². The number of nitrogens with zero attached hydrogens (tertiary/aromatic N) is 1. The van der Waals surface area contributed by atoms with E-state index in [0.29, 0.717) is 28.7 Å². The van der Waals surface area contributed by atoms with E-state index in [1.54, 1.807) is 7.11 Å². The first-order chi connectivity index (χ1) is 8.56. The minimum absolute atomic E-state index is 0.316. The molecule has 0 radical (unpaired) electrons. The number of hydrogen-bond donors (Lipinski definition) is 1. The van der Waals surface area contributed by atoms with Crippen LogP contribution in [0, 0.1) is 0 Å². The minimum Gasteiger partial charge on any atom is -0.493 e. The number of ether oxygens (including phenoxy) is 2. The first kappa shape index (κ1) is 14.7. The average Bonchev–Trinajstić information content (AvgIpc) is 2.33. The second kappa shape index (κ2) is 7.18. The highest BCUT2D eigenvalue weighted by Gasteiger charge is 2.12. The Morgan fingerprint density at radius 2 is 2.11 bits per heavy atom. The zero-order chi connectivity index (χ0) is 13.5. The van der Waals surface area contributed by atoms with Crippen LogP contribution < -0.4 is 15.2 Å². The highest BCUT2D eigenvalue weighted by atomic mass is 32.1. The molecule has 18 heavy (non-hydrogen) atoms. The molecule has 0 unspecified atom stereocenters. The van der Waals surface area contributed by atoms with Gasteiger partial charge in [0, 0.05) is 6.54 Å². The summed E-state index contributed by atoms with van der Waals surface area (Å²) in [6, 6.07) is 5.52. The number of methoxy groups -OCH3 is 1.